The lowest BCUT2D eigenvalue weighted by atomic mass is 10.1. The van der Waals surface area contributed by atoms with Crippen LogP contribution in [0, 0.1) is 0 Å². The van der Waals surface area contributed by atoms with E-state index in [4.69, 9.17) is 0 Å². The highest BCUT2D eigenvalue weighted by Gasteiger charge is 2.29. The summed E-state index contributed by atoms with van der Waals surface area (Å²) in [5, 5.41) is 7.74. The molecular weight excluding hydrogens is 312 g/mol. The summed E-state index contributed by atoms with van der Waals surface area (Å²) >= 11 is 0. The predicted octanol–water partition coefficient (Wildman–Crippen LogP) is 3.64. The van der Waals surface area contributed by atoms with Gasteiger partial charge in [-0.05, 0) is 49.6 Å². The molecule has 1 aromatic carbocycles. The van der Waals surface area contributed by atoms with Gasteiger partial charge in [0.15, 0.2) is 0 Å². The maximum absolute atomic E-state index is 12.9. The van der Waals surface area contributed by atoms with Crippen LogP contribution in [0.4, 0.5) is 0 Å². The Bertz CT molecular complexity index is 869. The molecule has 0 saturated heterocycles. The first kappa shape index (κ1) is 15.6. The molecule has 1 aliphatic carbocycles. The molecule has 4 rings (SSSR count). The summed E-state index contributed by atoms with van der Waals surface area (Å²) < 4.78 is 1.75. The second-order valence-corrected chi connectivity index (χ2v) is 6.46. The monoisotopic (exact) mass is 332 g/mol. The van der Waals surface area contributed by atoms with E-state index < -0.39 is 0 Å². The molecule has 1 unspecified atom stereocenters. The lowest BCUT2D eigenvalue weighted by Gasteiger charge is -2.14. The van der Waals surface area contributed by atoms with Crippen molar-refractivity contribution in [3.05, 3.63) is 77.9 Å². The summed E-state index contributed by atoms with van der Waals surface area (Å²) in [5.41, 5.74) is 3.45. The van der Waals surface area contributed by atoms with E-state index in [-0.39, 0.29) is 11.9 Å². The topological polar surface area (TPSA) is 59.8 Å². The van der Waals surface area contributed by atoms with Crippen molar-refractivity contribution in [1.29, 1.82) is 0 Å². The molecule has 0 spiro atoms. The molecule has 2 aromatic heterocycles. The Kier molecular flexibility index (Phi) is 4.06. The fraction of sp³-hybridized carbons (Fsp3) is 0.250. The van der Waals surface area contributed by atoms with Crippen LogP contribution < -0.4 is 5.32 Å². The molecule has 5 heteroatoms. The van der Waals surface area contributed by atoms with Crippen LogP contribution in [0.5, 0.6) is 0 Å². The van der Waals surface area contributed by atoms with Gasteiger partial charge in [-0.15, -0.1) is 0 Å². The number of rotatable bonds is 5. The summed E-state index contributed by atoms with van der Waals surface area (Å²) in [4.78, 5) is 17.0. The number of carbonyl (C=O) groups is 1. The normalized spacial score (nSPS) is 14.9. The lowest BCUT2D eigenvalue weighted by molar-refractivity contribution is 0.0932. The van der Waals surface area contributed by atoms with Crippen LogP contribution in [0.15, 0.2) is 60.9 Å². The van der Waals surface area contributed by atoms with Gasteiger partial charge in [-0.3, -0.25) is 9.78 Å². The third-order valence-electron chi connectivity index (χ3n) is 4.49. The molecule has 1 amide bonds. The number of nitrogens with zero attached hydrogens (tertiary/aromatic N) is 3. The zero-order chi connectivity index (χ0) is 17.2. The van der Waals surface area contributed by atoms with E-state index in [0.717, 1.165) is 29.8 Å². The number of nitrogens with one attached hydrogen (secondary N) is 1. The molecule has 1 saturated carbocycles. The Morgan fingerprint density at radius 1 is 1.20 bits per heavy atom. The average Bonchev–Trinajstić information content (AvgIpc) is 3.41. The highest BCUT2D eigenvalue weighted by molar-refractivity contribution is 5.93. The SMILES string of the molecule is CC(NC(=O)c1cc(C2CC2)nn1-c1ccccc1)c1cccnc1. The van der Waals surface area contributed by atoms with Crippen molar-refractivity contribution in [2.75, 3.05) is 0 Å². The molecule has 126 valence electrons. The Balaban J connectivity index is 1.63. The van der Waals surface area contributed by atoms with Gasteiger partial charge in [-0.25, -0.2) is 4.68 Å². The minimum atomic E-state index is -0.125. The number of benzene rings is 1. The Morgan fingerprint density at radius 3 is 2.68 bits per heavy atom. The highest BCUT2D eigenvalue weighted by atomic mass is 16.2. The number of pyridine rings is 1. The molecule has 0 radical (unpaired) electrons. The standard InChI is InChI=1S/C20H20N4O/c1-14(16-6-5-11-21-13-16)22-20(25)19-12-18(15-9-10-15)23-24(19)17-7-3-2-4-8-17/h2-8,11-15H,9-10H2,1H3,(H,22,25). The highest BCUT2D eigenvalue weighted by Crippen LogP contribution is 2.39. The van der Waals surface area contributed by atoms with Gasteiger partial charge in [0.2, 0.25) is 0 Å². The summed E-state index contributed by atoms with van der Waals surface area (Å²) in [5.74, 6) is 0.367. The summed E-state index contributed by atoms with van der Waals surface area (Å²) in [7, 11) is 0. The molecule has 25 heavy (non-hydrogen) atoms. The van der Waals surface area contributed by atoms with Gasteiger partial charge in [0, 0.05) is 18.3 Å². The van der Waals surface area contributed by atoms with Crippen molar-refractivity contribution in [2.45, 2.75) is 31.7 Å². The smallest absolute Gasteiger partial charge is 0.270 e. The van der Waals surface area contributed by atoms with Gasteiger partial charge in [-0.1, -0.05) is 24.3 Å². The zero-order valence-electron chi connectivity index (χ0n) is 14.1. The lowest BCUT2D eigenvalue weighted by Crippen LogP contribution is -2.28. The van der Waals surface area contributed by atoms with E-state index >= 15 is 0 Å². The van der Waals surface area contributed by atoms with E-state index in [1.165, 1.54) is 0 Å². The van der Waals surface area contributed by atoms with E-state index in [9.17, 15) is 4.79 Å². The number of amides is 1. The molecule has 0 bridgehead atoms. The van der Waals surface area contributed by atoms with Gasteiger partial charge in [0.05, 0.1) is 17.4 Å². The molecule has 1 atom stereocenters. The van der Waals surface area contributed by atoms with Crippen molar-refractivity contribution in [1.82, 2.24) is 20.1 Å². The van der Waals surface area contributed by atoms with Crippen LogP contribution in [-0.2, 0) is 0 Å². The number of aromatic nitrogens is 3. The van der Waals surface area contributed by atoms with Crippen LogP contribution in [-0.4, -0.2) is 20.7 Å². The van der Waals surface area contributed by atoms with Gasteiger partial charge in [-0.2, -0.15) is 5.10 Å². The van der Waals surface area contributed by atoms with Crippen molar-refractivity contribution in [3.8, 4) is 5.69 Å². The van der Waals surface area contributed by atoms with Crippen molar-refractivity contribution >= 4 is 5.91 Å². The Morgan fingerprint density at radius 2 is 2.00 bits per heavy atom. The first-order chi connectivity index (χ1) is 12.2. The fourth-order valence-corrected chi connectivity index (χ4v) is 2.89. The van der Waals surface area contributed by atoms with Crippen molar-refractivity contribution < 1.29 is 4.79 Å². The maximum Gasteiger partial charge on any atom is 0.270 e. The van der Waals surface area contributed by atoms with Gasteiger partial charge in [0.1, 0.15) is 5.69 Å². The van der Waals surface area contributed by atoms with E-state index in [1.807, 2.05) is 55.5 Å². The summed E-state index contributed by atoms with van der Waals surface area (Å²) in [6.45, 7) is 1.96. The summed E-state index contributed by atoms with van der Waals surface area (Å²) in [6, 6.07) is 15.4. The minimum Gasteiger partial charge on any atom is -0.344 e. The Hall–Kier alpha value is -2.95. The third-order valence-corrected chi connectivity index (χ3v) is 4.49. The fourth-order valence-electron chi connectivity index (χ4n) is 2.89. The van der Waals surface area contributed by atoms with Gasteiger partial charge in [0.25, 0.3) is 5.91 Å². The Labute approximate surface area is 146 Å². The second kappa shape index (κ2) is 6.51. The van der Waals surface area contributed by atoms with Crippen LogP contribution >= 0.6 is 0 Å². The van der Waals surface area contributed by atoms with E-state index in [0.29, 0.717) is 11.6 Å². The molecule has 3 aromatic rings. The molecule has 0 aliphatic heterocycles. The number of para-hydroxylation sites is 1. The van der Waals surface area contributed by atoms with Crippen molar-refractivity contribution in [2.24, 2.45) is 0 Å². The molecule has 1 N–H and O–H groups in total. The number of carbonyl (C=O) groups excluding carboxylic acids is 1. The van der Waals surface area contributed by atoms with Crippen molar-refractivity contribution in [3.63, 3.8) is 0 Å². The molecule has 2 heterocycles. The van der Waals surface area contributed by atoms with E-state index in [1.54, 1.807) is 17.1 Å². The molecular formula is C20H20N4O. The maximum atomic E-state index is 12.9. The number of hydrogen-bond acceptors (Lipinski definition) is 3. The minimum absolute atomic E-state index is 0.121. The largest absolute Gasteiger partial charge is 0.344 e. The summed E-state index contributed by atoms with van der Waals surface area (Å²) in [6.07, 6.45) is 5.80. The van der Waals surface area contributed by atoms with Crippen LogP contribution in [0.1, 0.15) is 53.5 Å². The predicted molar refractivity (Wildman–Crippen MR) is 95.7 cm³/mol. The van der Waals surface area contributed by atoms with Gasteiger partial charge >= 0.3 is 0 Å². The zero-order valence-corrected chi connectivity index (χ0v) is 14.1. The van der Waals surface area contributed by atoms with E-state index in [2.05, 4.69) is 15.4 Å². The molecule has 1 aliphatic rings. The average molecular weight is 332 g/mol. The van der Waals surface area contributed by atoms with Crippen LogP contribution in [0.2, 0.25) is 0 Å². The number of hydrogen-bond donors (Lipinski definition) is 1. The first-order valence-corrected chi connectivity index (χ1v) is 8.58. The second-order valence-electron chi connectivity index (χ2n) is 6.46. The van der Waals surface area contributed by atoms with Crippen LogP contribution in [0.25, 0.3) is 5.69 Å². The third kappa shape index (κ3) is 3.31. The van der Waals surface area contributed by atoms with Gasteiger partial charge < -0.3 is 5.32 Å². The quantitative estimate of drug-likeness (QED) is 0.776. The van der Waals surface area contributed by atoms with Crippen LogP contribution in [0.3, 0.4) is 0 Å². The molecule has 5 nitrogen and oxygen atoms in total. The first-order valence-electron chi connectivity index (χ1n) is 8.58. The molecule has 1 fully saturated rings.